The van der Waals surface area contributed by atoms with Crippen LogP contribution in [0.5, 0.6) is 0 Å². The molecule has 0 spiro atoms. The maximum atomic E-state index is 4.00. The second kappa shape index (κ2) is 44.3. The second-order valence-corrected chi connectivity index (χ2v) is 0. The SMILES string of the molecule is Cl.NN.[Zn]. The Morgan fingerprint density at radius 1 is 1.00 bits per heavy atom. The van der Waals surface area contributed by atoms with Crippen molar-refractivity contribution in [1.29, 1.82) is 0 Å². The van der Waals surface area contributed by atoms with Gasteiger partial charge in [0.1, 0.15) is 0 Å². The molecule has 0 heterocycles. The van der Waals surface area contributed by atoms with Gasteiger partial charge in [0, 0.05) is 19.5 Å². The van der Waals surface area contributed by atoms with Crippen LogP contribution in [0.4, 0.5) is 0 Å². The van der Waals surface area contributed by atoms with Gasteiger partial charge in [-0.2, -0.15) is 0 Å². The van der Waals surface area contributed by atoms with Crippen LogP contribution in [0.2, 0.25) is 0 Å². The molecule has 4 heteroatoms. The van der Waals surface area contributed by atoms with Gasteiger partial charge in [-0.15, -0.1) is 12.4 Å². The Balaban J connectivity index is -0.00000000500. The molecular formula is H5ClN2Zn. The molecule has 0 saturated heterocycles. The second-order valence-electron chi connectivity index (χ2n) is 0. The zero-order valence-electron chi connectivity index (χ0n) is 2.27. The average Bonchev–Trinajstić information content (AvgIpc) is 1.00. The average molecular weight is 134 g/mol. The maximum absolute atomic E-state index is 4.00. The zero-order valence-corrected chi connectivity index (χ0v) is 6.05. The predicted octanol–water partition coefficient (Wildman–Crippen LogP) is -0.762. The minimum Gasteiger partial charge on any atom is -0.274 e. The molecule has 4 heavy (non-hydrogen) atoms. The van der Waals surface area contributed by atoms with Crippen molar-refractivity contribution in [3.8, 4) is 0 Å². The number of hydrazine groups is 1. The van der Waals surface area contributed by atoms with Crippen LogP contribution in [0.15, 0.2) is 0 Å². The Hall–Kier alpha value is 0.833. The summed E-state index contributed by atoms with van der Waals surface area (Å²) in [6.07, 6.45) is 0. The Kier molecular flexibility index (Phi) is 234. The van der Waals surface area contributed by atoms with Crippen LogP contribution in [0.3, 0.4) is 0 Å². The van der Waals surface area contributed by atoms with Crippen molar-refractivity contribution in [3.63, 3.8) is 0 Å². The molecule has 0 fully saturated rings. The zero-order chi connectivity index (χ0) is 2.00. The largest absolute Gasteiger partial charge is 0.274 e. The number of rotatable bonds is 0. The van der Waals surface area contributed by atoms with Crippen molar-refractivity contribution < 1.29 is 19.5 Å². The Bertz CT molecular complexity index is 6.00. The summed E-state index contributed by atoms with van der Waals surface area (Å²) in [7, 11) is 0. The molecular weight excluding hydrogens is 129 g/mol. The molecule has 0 rings (SSSR count). The smallest absolute Gasteiger partial charge is 0 e. The fraction of sp³-hybridized carbons (Fsp3) is 0. The van der Waals surface area contributed by atoms with E-state index in [1.165, 1.54) is 0 Å². The van der Waals surface area contributed by atoms with Gasteiger partial charge in [-0.1, -0.05) is 0 Å². The van der Waals surface area contributed by atoms with E-state index in [4.69, 9.17) is 0 Å². The van der Waals surface area contributed by atoms with Gasteiger partial charge in [-0.25, -0.2) is 0 Å². The van der Waals surface area contributed by atoms with Gasteiger partial charge < -0.3 is 0 Å². The molecule has 0 aliphatic rings. The summed E-state index contributed by atoms with van der Waals surface area (Å²) in [5.74, 6) is 8.00. The molecule has 0 saturated carbocycles. The van der Waals surface area contributed by atoms with Gasteiger partial charge in [-0.05, 0) is 0 Å². The fourth-order valence-corrected chi connectivity index (χ4v) is 0. The summed E-state index contributed by atoms with van der Waals surface area (Å²) >= 11 is 0. The van der Waals surface area contributed by atoms with Crippen LogP contribution in [0.25, 0.3) is 0 Å². The Morgan fingerprint density at radius 3 is 1.00 bits per heavy atom. The van der Waals surface area contributed by atoms with Gasteiger partial charge in [0.2, 0.25) is 0 Å². The molecule has 0 aliphatic heterocycles. The first kappa shape index (κ1) is 21.1. The van der Waals surface area contributed by atoms with Crippen molar-refractivity contribution in [2.75, 3.05) is 0 Å². The molecule has 0 aromatic heterocycles. The van der Waals surface area contributed by atoms with Crippen LogP contribution in [-0.2, 0) is 19.5 Å². The minimum atomic E-state index is 0. The maximum Gasteiger partial charge on any atom is 0 e. The van der Waals surface area contributed by atoms with Crippen molar-refractivity contribution in [1.82, 2.24) is 0 Å². The Morgan fingerprint density at radius 2 is 1.00 bits per heavy atom. The van der Waals surface area contributed by atoms with E-state index >= 15 is 0 Å². The van der Waals surface area contributed by atoms with Gasteiger partial charge in [0.25, 0.3) is 0 Å². The van der Waals surface area contributed by atoms with E-state index in [1.807, 2.05) is 0 Å². The Labute approximate surface area is 44.1 Å². The molecule has 0 aliphatic carbocycles. The quantitative estimate of drug-likeness (QED) is 0.260. The van der Waals surface area contributed by atoms with Gasteiger partial charge in [-0.3, -0.25) is 11.7 Å². The minimum absolute atomic E-state index is 0. The summed E-state index contributed by atoms with van der Waals surface area (Å²) in [6.45, 7) is 0. The van der Waals surface area contributed by atoms with Crippen molar-refractivity contribution >= 4 is 12.4 Å². The van der Waals surface area contributed by atoms with Crippen LogP contribution in [-0.4, -0.2) is 0 Å². The number of hydrogen-bond donors (Lipinski definition) is 2. The fourth-order valence-electron chi connectivity index (χ4n) is 0. The third kappa shape index (κ3) is 13.7. The normalized spacial score (nSPS) is 1.50. The summed E-state index contributed by atoms with van der Waals surface area (Å²) in [5, 5.41) is 0. The number of halogens is 1. The van der Waals surface area contributed by atoms with Crippen LogP contribution in [0.1, 0.15) is 0 Å². The van der Waals surface area contributed by atoms with E-state index in [-0.39, 0.29) is 31.9 Å². The molecule has 0 aromatic carbocycles. The van der Waals surface area contributed by atoms with Gasteiger partial charge in [0.05, 0.1) is 0 Å². The van der Waals surface area contributed by atoms with Crippen LogP contribution < -0.4 is 11.7 Å². The summed E-state index contributed by atoms with van der Waals surface area (Å²) in [4.78, 5) is 0. The molecule has 0 unspecified atom stereocenters. The molecule has 0 bridgehead atoms. The first-order valence-electron chi connectivity index (χ1n) is 0.333. The van der Waals surface area contributed by atoms with E-state index in [0.717, 1.165) is 0 Å². The van der Waals surface area contributed by atoms with E-state index in [9.17, 15) is 0 Å². The third-order valence-electron chi connectivity index (χ3n) is 0. The molecule has 0 radical (unpaired) electrons. The van der Waals surface area contributed by atoms with Crippen molar-refractivity contribution in [3.05, 3.63) is 0 Å². The first-order valence-corrected chi connectivity index (χ1v) is 0.333. The van der Waals surface area contributed by atoms with E-state index < -0.39 is 0 Å². The first-order chi connectivity index (χ1) is 1.00. The number of nitrogens with two attached hydrogens (primary N) is 2. The van der Waals surface area contributed by atoms with E-state index in [1.54, 1.807) is 0 Å². The van der Waals surface area contributed by atoms with E-state index in [0.29, 0.717) is 0 Å². The van der Waals surface area contributed by atoms with Gasteiger partial charge in [0.15, 0.2) is 0 Å². The van der Waals surface area contributed by atoms with Crippen LogP contribution >= 0.6 is 12.4 Å². The van der Waals surface area contributed by atoms with Crippen molar-refractivity contribution in [2.24, 2.45) is 11.7 Å². The monoisotopic (exact) mass is 132 g/mol. The topological polar surface area (TPSA) is 52.0 Å². The number of hydrogen-bond acceptors (Lipinski definition) is 2. The van der Waals surface area contributed by atoms with Crippen molar-refractivity contribution in [2.45, 2.75) is 0 Å². The third-order valence-corrected chi connectivity index (χ3v) is 0. The molecule has 4 N–H and O–H groups in total. The van der Waals surface area contributed by atoms with Gasteiger partial charge >= 0.3 is 0 Å². The molecule has 0 aromatic rings. The summed E-state index contributed by atoms with van der Waals surface area (Å²) in [5.41, 5.74) is 0. The molecule has 0 atom stereocenters. The predicted molar refractivity (Wildman–Crippen MR) is 15.6 cm³/mol. The summed E-state index contributed by atoms with van der Waals surface area (Å²) in [6, 6.07) is 0. The van der Waals surface area contributed by atoms with Crippen LogP contribution in [0, 0.1) is 0 Å². The molecule has 0 amide bonds. The standard InChI is InChI=1S/ClH.H4N2.Zn/c;1-2;/h1H;1-2H2;. The van der Waals surface area contributed by atoms with E-state index in [2.05, 4.69) is 11.7 Å². The molecule has 24 valence electrons. The molecule has 2 nitrogen and oxygen atoms in total. The summed E-state index contributed by atoms with van der Waals surface area (Å²) < 4.78 is 0.